The lowest BCUT2D eigenvalue weighted by Crippen LogP contribution is -2.46. The molecule has 2 amide bonds. The average Bonchev–Trinajstić information content (AvgIpc) is 3.19. The molecule has 0 spiro atoms. The summed E-state index contributed by atoms with van der Waals surface area (Å²) in [5.74, 6) is -2.29. The number of anilines is 1. The number of carbonyl (C=O) groups is 4. The van der Waals surface area contributed by atoms with Crippen LogP contribution in [0.3, 0.4) is 0 Å². The highest BCUT2D eigenvalue weighted by Crippen LogP contribution is 2.33. The molecular formula is C26H30N2O7. The van der Waals surface area contributed by atoms with Gasteiger partial charge in [0.25, 0.3) is 0 Å². The molecule has 9 heteroatoms. The Kier molecular flexibility index (Phi) is 8.11. The number of alkyl carbamates (subject to hydrolysis) is 1. The summed E-state index contributed by atoms with van der Waals surface area (Å²) in [7, 11) is 0. The van der Waals surface area contributed by atoms with Gasteiger partial charge in [-0.1, -0.05) is 48.5 Å². The van der Waals surface area contributed by atoms with Crippen molar-refractivity contribution in [3.05, 3.63) is 65.7 Å². The first-order chi connectivity index (χ1) is 16.5. The summed E-state index contributed by atoms with van der Waals surface area (Å²) in [4.78, 5) is 51.3. The number of hydrogen-bond donors (Lipinski definition) is 2. The van der Waals surface area contributed by atoms with E-state index in [9.17, 15) is 24.3 Å². The molecule has 2 aromatic rings. The predicted molar refractivity (Wildman–Crippen MR) is 128 cm³/mol. The summed E-state index contributed by atoms with van der Waals surface area (Å²) in [6.07, 6.45) is -0.882. The zero-order valence-corrected chi connectivity index (χ0v) is 20.0. The molecule has 0 radical (unpaired) electrons. The number of para-hydroxylation sites is 1. The van der Waals surface area contributed by atoms with Gasteiger partial charge in [-0.2, -0.15) is 0 Å². The number of ether oxygens (including phenoxy) is 2. The molecule has 3 rings (SSSR count). The van der Waals surface area contributed by atoms with E-state index < -0.39 is 41.6 Å². The molecule has 0 bridgehead atoms. The topological polar surface area (TPSA) is 122 Å². The molecule has 0 saturated carbocycles. The van der Waals surface area contributed by atoms with E-state index in [2.05, 4.69) is 5.32 Å². The normalized spacial score (nSPS) is 15.6. The summed E-state index contributed by atoms with van der Waals surface area (Å²) >= 11 is 0. The maximum atomic E-state index is 13.1. The van der Waals surface area contributed by atoms with Crippen LogP contribution < -0.4 is 10.2 Å². The largest absolute Gasteiger partial charge is 0.480 e. The molecule has 9 nitrogen and oxygen atoms in total. The number of benzene rings is 2. The van der Waals surface area contributed by atoms with Gasteiger partial charge in [-0.15, -0.1) is 0 Å². The molecule has 1 aliphatic rings. The van der Waals surface area contributed by atoms with E-state index in [1.165, 1.54) is 4.90 Å². The lowest BCUT2D eigenvalue weighted by atomic mass is 10.1. The Morgan fingerprint density at radius 1 is 1.06 bits per heavy atom. The van der Waals surface area contributed by atoms with E-state index in [0.29, 0.717) is 5.69 Å². The molecule has 1 aliphatic heterocycles. The van der Waals surface area contributed by atoms with Crippen LogP contribution >= 0.6 is 0 Å². The molecule has 0 aromatic heterocycles. The van der Waals surface area contributed by atoms with Crippen LogP contribution in [0.5, 0.6) is 0 Å². The van der Waals surface area contributed by atoms with Crippen molar-refractivity contribution < 1.29 is 33.8 Å². The number of hydrogen-bond acceptors (Lipinski definition) is 6. The fourth-order valence-corrected chi connectivity index (χ4v) is 3.81. The molecule has 186 valence electrons. The number of carboxylic acids is 1. The van der Waals surface area contributed by atoms with Gasteiger partial charge >= 0.3 is 18.0 Å². The number of esters is 1. The molecule has 0 aliphatic carbocycles. The van der Waals surface area contributed by atoms with Crippen molar-refractivity contribution in [1.82, 2.24) is 5.32 Å². The fraction of sp³-hybridized carbons (Fsp3) is 0.385. The number of amides is 2. The van der Waals surface area contributed by atoms with Crippen molar-refractivity contribution in [2.45, 2.75) is 64.3 Å². The summed E-state index contributed by atoms with van der Waals surface area (Å²) in [5.41, 5.74) is 1.28. The number of nitrogens with one attached hydrogen (secondary N) is 1. The number of carbonyl (C=O) groups excluding carboxylic acids is 3. The Labute approximate surface area is 204 Å². The van der Waals surface area contributed by atoms with E-state index in [1.54, 1.807) is 57.2 Å². The van der Waals surface area contributed by atoms with Crippen molar-refractivity contribution in [2.24, 2.45) is 0 Å². The van der Waals surface area contributed by atoms with Gasteiger partial charge in [0.05, 0.1) is 0 Å². The zero-order valence-electron chi connectivity index (χ0n) is 20.0. The summed E-state index contributed by atoms with van der Waals surface area (Å²) in [6.45, 7) is 5.07. The molecule has 0 saturated heterocycles. The number of aliphatic carboxylic acids is 1. The molecular weight excluding hydrogens is 452 g/mol. The highest BCUT2D eigenvalue weighted by Gasteiger charge is 2.38. The number of rotatable bonds is 8. The van der Waals surface area contributed by atoms with E-state index in [0.717, 1.165) is 11.1 Å². The van der Waals surface area contributed by atoms with Gasteiger partial charge in [-0.25, -0.2) is 14.4 Å². The minimum absolute atomic E-state index is 0.000701. The van der Waals surface area contributed by atoms with Gasteiger partial charge in [0, 0.05) is 18.5 Å². The van der Waals surface area contributed by atoms with Gasteiger partial charge < -0.3 is 19.9 Å². The lowest BCUT2D eigenvalue weighted by molar-refractivity contribution is -0.148. The van der Waals surface area contributed by atoms with Gasteiger partial charge in [0.2, 0.25) is 5.91 Å². The van der Waals surface area contributed by atoms with Crippen molar-refractivity contribution in [2.75, 3.05) is 4.90 Å². The SMILES string of the molecule is CC(C)(C)OC(=O)NC(CCC(=O)N1c2ccccc2CC1C(=O)O)C(=O)OCc1ccccc1. The molecule has 35 heavy (non-hydrogen) atoms. The van der Waals surface area contributed by atoms with E-state index in [4.69, 9.17) is 9.47 Å². The summed E-state index contributed by atoms with van der Waals surface area (Å²) < 4.78 is 10.6. The first kappa shape index (κ1) is 25.7. The van der Waals surface area contributed by atoms with Crippen LogP contribution in [0.25, 0.3) is 0 Å². The standard InChI is InChI=1S/C26H30N2O7/c1-26(2,3)35-25(33)27-19(24(32)34-16-17-9-5-4-6-10-17)13-14-22(29)28-20-12-8-7-11-18(20)15-21(28)23(30)31/h4-12,19,21H,13-16H2,1-3H3,(H,27,33)(H,30,31). The monoisotopic (exact) mass is 482 g/mol. The smallest absolute Gasteiger partial charge is 0.408 e. The molecule has 2 aromatic carbocycles. The van der Waals surface area contributed by atoms with E-state index in [-0.39, 0.29) is 25.9 Å². The molecule has 0 fully saturated rings. The molecule has 2 atom stereocenters. The van der Waals surface area contributed by atoms with Crippen LogP contribution in [0.4, 0.5) is 10.5 Å². The van der Waals surface area contributed by atoms with Crippen LogP contribution in [0, 0.1) is 0 Å². The minimum Gasteiger partial charge on any atom is -0.480 e. The van der Waals surface area contributed by atoms with Crippen molar-refractivity contribution in [3.63, 3.8) is 0 Å². The minimum atomic E-state index is -1.15. The third kappa shape index (κ3) is 7.05. The van der Waals surface area contributed by atoms with Crippen LogP contribution in [-0.2, 0) is 36.9 Å². The second-order valence-electron chi connectivity index (χ2n) is 9.28. The fourth-order valence-electron chi connectivity index (χ4n) is 3.81. The number of carboxylic acid groups (broad SMARTS) is 1. The van der Waals surface area contributed by atoms with E-state index in [1.807, 2.05) is 18.2 Å². The lowest BCUT2D eigenvalue weighted by Gasteiger charge is -2.25. The van der Waals surface area contributed by atoms with Gasteiger partial charge in [0.15, 0.2) is 0 Å². The first-order valence-corrected chi connectivity index (χ1v) is 11.4. The van der Waals surface area contributed by atoms with Crippen LogP contribution in [0.15, 0.2) is 54.6 Å². The second-order valence-corrected chi connectivity index (χ2v) is 9.28. The number of nitrogens with zero attached hydrogens (tertiary/aromatic N) is 1. The first-order valence-electron chi connectivity index (χ1n) is 11.4. The van der Waals surface area contributed by atoms with Gasteiger partial charge in [-0.3, -0.25) is 9.69 Å². The van der Waals surface area contributed by atoms with Crippen LogP contribution in [0.1, 0.15) is 44.7 Å². The van der Waals surface area contributed by atoms with Gasteiger partial charge in [0.1, 0.15) is 24.3 Å². The van der Waals surface area contributed by atoms with Crippen LogP contribution in [0.2, 0.25) is 0 Å². The predicted octanol–water partition coefficient (Wildman–Crippen LogP) is 3.45. The molecule has 2 unspecified atom stereocenters. The maximum absolute atomic E-state index is 13.1. The third-order valence-electron chi connectivity index (χ3n) is 5.38. The maximum Gasteiger partial charge on any atom is 0.408 e. The second kappa shape index (κ2) is 11.0. The highest BCUT2D eigenvalue weighted by molar-refractivity contribution is 6.02. The zero-order chi connectivity index (χ0) is 25.6. The Bertz CT molecular complexity index is 1080. The summed E-state index contributed by atoms with van der Waals surface area (Å²) in [5, 5.41) is 12.1. The Morgan fingerprint density at radius 2 is 1.71 bits per heavy atom. The Hall–Kier alpha value is -3.88. The Morgan fingerprint density at radius 3 is 2.37 bits per heavy atom. The summed E-state index contributed by atoms with van der Waals surface area (Å²) in [6, 6.07) is 13.9. The quantitative estimate of drug-likeness (QED) is 0.553. The van der Waals surface area contributed by atoms with Crippen LogP contribution in [-0.4, -0.2) is 46.7 Å². The van der Waals surface area contributed by atoms with Crippen molar-refractivity contribution in [1.29, 1.82) is 0 Å². The molecule has 1 heterocycles. The third-order valence-corrected chi connectivity index (χ3v) is 5.38. The van der Waals surface area contributed by atoms with Crippen molar-refractivity contribution >= 4 is 29.6 Å². The average molecular weight is 483 g/mol. The highest BCUT2D eigenvalue weighted by atomic mass is 16.6. The van der Waals surface area contributed by atoms with Gasteiger partial charge in [-0.05, 0) is 44.4 Å². The number of fused-ring (bicyclic) bond motifs is 1. The Balaban J connectivity index is 1.71. The van der Waals surface area contributed by atoms with E-state index >= 15 is 0 Å². The molecule has 2 N–H and O–H groups in total. The van der Waals surface area contributed by atoms with Crippen molar-refractivity contribution in [3.8, 4) is 0 Å².